The van der Waals surface area contributed by atoms with Crippen LogP contribution >= 0.6 is 0 Å². The Morgan fingerprint density at radius 1 is 1.56 bits per heavy atom. The fraction of sp³-hybridized carbons (Fsp3) is 0.333. The van der Waals surface area contributed by atoms with E-state index >= 15 is 0 Å². The van der Waals surface area contributed by atoms with Gasteiger partial charge in [-0.2, -0.15) is 0 Å². The number of hydrogen-bond donors (Lipinski definition) is 2. The highest BCUT2D eigenvalue weighted by Crippen LogP contribution is 2.20. The molecule has 0 aliphatic carbocycles. The maximum absolute atomic E-state index is 13.1. The molecule has 6 heteroatoms. The molecule has 18 heavy (non-hydrogen) atoms. The normalized spacial score (nSPS) is 10.8. The summed E-state index contributed by atoms with van der Waals surface area (Å²) in [5, 5.41) is 11.9. The van der Waals surface area contributed by atoms with Gasteiger partial charge in [0.05, 0.1) is 11.0 Å². The number of halogens is 1. The average molecular weight is 251 g/mol. The number of imidazole rings is 1. The van der Waals surface area contributed by atoms with Crippen molar-refractivity contribution in [2.45, 2.75) is 19.9 Å². The highest BCUT2D eigenvalue weighted by molar-refractivity contribution is 5.81. The van der Waals surface area contributed by atoms with Crippen LogP contribution in [-0.4, -0.2) is 27.2 Å². The lowest BCUT2D eigenvalue weighted by molar-refractivity contribution is -0.137. The molecule has 1 aromatic heterocycles. The summed E-state index contributed by atoms with van der Waals surface area (Å²) < 4.78 is 14.6. The fourth-order valence-corrected chi connectivity index (χ4v) is 1.77. The Labute approximate surface area is 103 Å². The number of aromatic nitrogens is 2. The van der Waals surface area contributed by atoms with E-state index in [0.29, 0.717) is 23.5 Å². The van der Waals surface area contributed by atoms with E-state index in [4.69, 9.17) is 5.11 Å². The third kappa shape index (κ3) is 2.42. The molecule has 0 spiro atoms. The van der Waals surface area contributed by atoms with Crippen LogP contribution in [0.4, 0.5) is 10.3 Å². The smallest absolute Gasteiger partial charge is 0.323 e. The van der Waals surface area contributed by atoms with Crippen molar-refractivity contribution >= 4 is 23.0 Å². The summed E-state index contributed by atoms with van der Waals surface area (Å²) in [6.07, 6.45) is 0.893. The lowest BCUT2D eigenvalue weighted by Crippen LogP contribution is -2.13. The Balaban J connectivity index is 2.49. The molecule has 2 aromatic rings. The third-order valence-electron chi connectivity index (χ3n) is 2.54. The van der Waals surface area contributed by atoms with E-state index in [-0.39, 0.29) is 12.4 Å². The highest BCUT2D eigenvalue weighted by Gasteiger charge is 2.13. The number of aliphatic carboxylic acids is 1. The van der Waals surface area contributed by atoms with Gasteiger partial charge in [0.25, 0.3) is 0 Å². The molecular formula is C12H14FN3O2. The zero-order chi connectivity index (χ0) is 13.1. The van der Waals surface area contributed by atoms with Crippen molar-refractivity contribution in [3.63, 3.8) is 0 Å². The Kier molecular flexibility index (Phi) is 3.45. The van der Waals surface area contributed by atoms with Gasteiger partial charge in [-0.1, -0.05) is 6.92 Å². The molecule has 5 nitrogen and oxygen atoms in total. The number of fused-ring (bicyclic) bond motifs is 1. The lowest BCUT2D eigenvalue weighted by Gasteiger charge is -2.07. The van der Waals surface area contributed by atoms with Crippen LogP contribution in [0.25, 0.3) is 11.0 Å². The summed E-state index contributed by atoms with van der Waals surface area (Å²) in [6.45, 7) is 2.48. The van der Waals surface area contributed by atoms with E-state index in [9.17, 15) is 9.18 Å². The number of benzene rings is 1. The van der Waals surface area contributed by atoms with Crippen LogP contribution in [0, 0.1) is 5.82 Å². The van der Waals surface area contributed by atoms with Crippen LogP contribution < -0.4 is 5.32 Å². The molecule has 0 saturated carbocycles. The SMILES string of the molecule is CCCNc1nc2cc(F)ccc2n1CC(=O)O. The van der Waals surface area contributed by atoms with Crippen molar-refractivity contribution in [1.82, 2.24) is 9.55 Å². The molecule has 2 N–H and O–H groups in total. The minimum Gasteiger partial charge on any atom is -0.480 e. The van der Waals surface area contributed by atoms with E-state index < -0.39 is 5.97 Å². The predicted octanol–water partition coefficient (Wildman–Crippen LogP) is 2.08. The molecule has 0 aliphatic rings. The van der Waals surface area contributed by atoms with Gasteiger partial charge >= 0.3 is 5.97 Å². The maximum atomic E-state index is 13.1. The number of carboxylic acid groups (broad SMARTS) is 1. The van der Waals surface area contributed by atoms with Gasteiger partial charge in [-0.05, 0) is 18.6 Å². The van der Waals surface area contributed by atoms with Gasteiger partial charge in [0.15, 0.2) is 0 Å². The number of carboxylic acids is 1. The van der Waals surface area contributed by atoms with E-state index in [1.54, 1.807) is 0 Å². The molecule has 0 aliphatic heterocycles. The number of carbonyl (C=O) groups is 1. The summed E-state index contributed by atoms with van der Waals surface area (Å²) in [6, 6.07) is 4.13. The topological polar surface area (TPSA) is 67.2 Å². The minimum absolute atomic E-state index is 0.200. The minimum atomic E-state index is -0.960. The van der Waals surface area contributed by atoms with Crippen LogP contribution in [0.15, 0.2) is 18.2 Å². The number of hydrogen-bond acceptors (Lipinski definition) is 3. The second kappa shape index (κ2) is 5.03. The van der Waals surface area contributed by atoms with Crippen LogP contribution in [0.5, 0.6) is 0 Å². The Morgan fingerprint density at radius 2 is 2.33 bits per heavy atom. The standard InChI is InChI=1S/C12H14FN3O2/c1-2-5-14-12-15-9-6-8(13)3-4-10(9)16(12)7-11(17)18/h3-4,6H,2,5,7H2,1H3,(H,14,15)(H,17,18). The second-order valence-electron chi connectivity index (χ2n) is 3.98. The molecule has 1 aromatic carbocycles. The molecule has 0 amide bonds. The summed E-state index contributed by atoms with van der Waals surface area (Å²) >= 11 is 0. The van der Waals surface area contributed by atoms with E-state index in [1.165, 1.54) is 22.8 Å². The molecule has 0 atom stereocenters. The van der Waals surface area contributed by atoms with Gasteiger partial charge in [0.2, 0.25) is 5.95 Å². The first kappa shape index (κ1) is 12.3. The average Bonchev–Trinajstić information content (AvgIpc) is 2.63. The van der Waals surface area contributed by atoms with Crippen LogP contribution in [0.2, 0.25) is 0 Å². The molecule has 0 saturated heterocycles. The summed E-state index contributed by atoms with van der Waals surface area (Å²) in [5.41, 5.74) is 1.06. The first-order valence-corrected chi connectivity index (χ1v) is 5.73. The molecule has 0 unspecified atom stereocenters. The Morgan fingerprint density at radius 3 is 3.00 bits per heavy atom. The number of nitrogens with zero attached hydrogens (tertiary/aromatic N) is 2. The van der Waals surface area contributed by atoms with Crippen molar-refractivity contribution in [2.75, 3.05) is 11.9 Å². The summed E-state index contributed by atoms with van der Waals surface area (Å²) in [7, 11) is 0. The quantitative estimate of drug-likeness (QED) is 0.853. The second-order valence-corrected chi connectivity index (χ2v) is 3.98. The molecule has 0 bridgehead atoms. The zero-order valence-electron chi connectivity index (χ0n) is 9.98. The lowest BCUT2D eigenvalue weighted by atomic mass is 10.3. The van der Waals surface area contributed by atoms with Gasteiger partial charge in [0, 0.05) is 12.6 Å². The van der Waals surface area contributed by atoms with Crippen LogP contribution in [-0.2, 0) is 11.3 Å². The predicted molar refractivity (Wildman–Crippen MR) is 66.1 cm³/mol. The van der Waals surface area contributed by atoms with Gasteiger partial charge in [-0.15, -0.1) is 0 Å². The number of anilines is 1. The highest BCUT2D eigenvalue weighted by atomic mass is 19.1. The van der Waals surface area contributed by atoms with Crippen molar-refractivity contribution in [1.29, 1.82) is 0 Å². The summed E-state index contributed by atoms with van der Waals surface area (Å²) in [4.78, 5) is 15.1. The first-order chi connectivity index (χ1) is 8.61. The Hall–Kier alpha value is -2.11. The zero-order valence-corrected chi connectivity index (χ0v) is 9.98. The molecule has 2 rings (SSSR count). The van der Waals surface area contributed by atoms with Crippen molar-refractivity contribution in [3.05, 3.63) is 24.0 Å². The van der Waals surface area contributed by atoms with Gasteiger partial charge in [-0.25, -0.2) is 9.37 Å². The molecular weight excluding hydrogens is 237 g/mol. The number of rotatable bonds is 5. The van der Waals surface area contributed by atoms with Crippen molar-refractivity contribution < 1.29 is 14.3 Å². The molecule has 96 valence electrons. The van der Waals surface area contributed by atoms with Gasteiger partial charge in [0.1, 0.15) is 12.4 Å². The maximum Gasteiger partial charge on any atom is 0.323 e. The first-order valence-electron chi connectivity index (χ1n) is 5.73. The van der Waals surface area contributed by atoms with Gasteiger partial charge in [-0.3, -0.25) is 9.36 Å². The van der Waals surface area contributed by atoms with Crippen LogP contribution in [0.1, 0.15) is 13.3 Å². The van der Waals surface area contributed by atoms with Gasteiger partial charge < -0.3 is 10.4 Å². The monoisotopic (exact) mass is 251 g/mol. The van der Waals surface area contributed by atoms with Crippen molar-refractivity contribution in [3.8, 4) is 0 Å². The fourth-order valence-electron chi connectivity index (χ4n) is 1.77. The largest absolute Gasteiger partial charge is 0.480 e. The summed E-state index contributed by atoms with van der Waals surface area (Å²) in [5.74, 6) is -0.887. The number of nitrogens with one attached hydrogen (secondary N) is 1. The van der Waals surface area contributed by atoms with E-state index in [1.807, 2.05) is 6.92 Å². The van der Waals surface area contributed by atoms with E-state index in [2.05, 4.69) is 10.3 Å². The Bertz CT molecular complexity index is 580. The molecule has 0 radical (unpaired) electrons. The molecule has 0 fully saturated rings. The third-order valence-corrected chi connectivity index (χ3v) is 2.54. The van der Waals surface area contributed by atoms with Crippen molar-refractivity contribution in [2.24, 2.45) is 0 Å². The molecule has 1 heterocycles. The van der Waals surface area contributed by atoms with Crippen LogP contribution in [0.3, 0.4) is 0 Å². The van der Waals surface area contributed by atoms with E-state index in [0.717, 1.165) is 6.42 Å².